The molecule has 0 aromatic carbocycles. The molecule has 0 saturated heterocycles. The van der Waals surface area contributed by atoms with Gasteiger partial charge in [-0.05, 0) is 19.3 Å². The zero-order valence-corrected chi connectivity index (χ0v) is 10.3. The first-order chi connectivity index (χ1) is 8.83. The maximum atomic E-state index is 12.0. The minimum absolute atomic E-state index is 0.0169. The summed E-state index contributed by atoms with van der Waals surface area (Å²) in [5.74, 6) is 1.13. The number of rotatable bonds is 2. The number of hydrogen-bond donors (Lipinski definition) is 1. The number of imidazole rings is 1. The van der Waals surface area contributed by atoms with Gasteiger partial charge in [-0.1, -0.05) is 0 Å². The predicted octanol–water partition coefficient (Wildman–Crippen LogP) is 1.01. The van der Waals surface area contributed by atoms with Crippen molar-refractivity contribution in [3.63, 3.8) is 0 Å². The lowest BCUT2D eigenvalue weighted by Crippen LogP contribution is -2.41. The van der Waals surface area contributed by atoms with Crippen LogP contribution in [0, 0.1) is 0 Å². The highest BCUT2D eigenvalue weighted by Gasteiger charge is 2.22. The summed E-state index contributed by atoms with van der Waals surface area (Å²) in [6.45, 7) is 1.54. The van der Waals surface area contributed by atoms with Gasteiger partial charge in [0.05, 0.1) is 18.4 Å². The van der Waals surface area contributed by atoms with Gasteiger partial charge in [-0.15, -0.1) is 0 Å². The van der Waals surface area contributed by atoms with Crippen molar-refractivity contribution in [3.05, 3.63) is 30.1 Å². The summed E-state index contributed by atoms with van der Waals surface area (Å²) in [5.41, 5.74) is 0.762. The normalized spacial score (nSPS) is 22.7. The summed E-state index contributed by atoms with van der Waals surface area (Å²) >= 11 is 0. The van der Waals surface area contributed by atoms with Gasteiger partial charge < -0.3 is 14.6 Å². The van der Waals surface area contributed by atoms with Gasteiger partial charge in [0.1, 0.15) is 5.82 Å². The lowest BCUT2D eigenvalue weighted by atomic mass is 10.1. The van der Waals surface area contributed by atoms with E-state index in [1.54, 1.807) is 6.26 Å². The molecule has 1 amide bonds. The number of carbonyl (C=O) groups is 1. The van der Waals surface area contributed by atoms with Crippen LogP contribution in [-0.2, 0) is 22.5 Å². The molecular weight excluding hydrogens is 230 g/mol. The molecule has 1 aromatic heterocycles. The number of nitrogens with one attached hydrogen (secondary N) is 1. The third-order valence-corrected chi connectivity index (χ3v) is 3.50. The molecule has 1 unspecified atom stereocenters. The molecule has 96 valence electrons. The molecular formula is C13H17N3O2. The number of ether oxygens (including phenoxy) is 1. The van der Waals surface area contributed by atoms with Crippen molar-refractivity contribution in [3.8, 4) is 0 Å². The lowest BCUT2D eigenvalue weighted by Gasteiger charge is -2.25. The van der Waals surface area contributed by atoms with Gasteiger partial charge in [0, 0.05) is 31.4 Å². The standard InChI is InChI=1S/C13H17N3O2/c17-13(10-2-1-7-18-9-10)15-11-3-4-12-14-5-6-16(12)8-11/h5-6,9,11H,1-4,7-8H2,(H,15,17). The molecule has 5 heteroatoms. The Morgan fingerprint density at radius 1 is 1.50 bits per heavy atom. The smallest absolute Gasteiger partial charge is 0.250 e. The number of amides is 1. The zero-order chi connectivity index (χ0) is 12.4. The second-order valence-electron chi connectivity index (χ2n) is 4.82. The quantitative estimate of drug-likeness (QED) is 0.848. The molecule has 1 atom stereocenters. The molecule has 0 radical (unpaired) electrons. The van der Waals surface area contributed by atoms with Crippen molar-refractivity contribution in [2.24, 2.45) is 0 Å². The van der Waals surface area contributed by atoms with Crippen LogP contribution in [0.5, 0.6) is 0 Å². The molecule has 1 N–H and O–H groups in total. The van der Waals surface area contributed by atoms with E-state index in [-0.39, 0.29) is 11.9 Å². The zero-order valence-electron chi connectivity index (χ0n) is 10.3. The Hall–Kier alpha value is -1.78. The van der Waals surface area contributed by atoms with E-state index < -0.39 is 0 Å². The first-order valence-corrected chi connectivity index (χ1v) is 6.44. The van der Waals surface area contributed by atoms with Gasteiger partial charge in [-0.2, -0.15) is 0 Å². The van der Waals surface area contributed by atoms with Gasteiger partial charge in [0.25, 0.3) is 5.91 Å². The molecule has 0 fully saturated rings. The van der Waals surface area contributed by atoms with Crippen molar-refractivity contribution in [2.45, 2.75) is 38.3 Å². The maximum absolute atomic E-state index is 12.0. The van der Waals surface area contributed by atoms with Gasteiger partial charge in [-0.25, -0.2) is 4.98 Å². The van der Waals surface area contributed by atoms with Gasteiger partial charge in [-0.3, -0.25) is 4.79 Å². The summed E-state index contributed by atoms with van der Waals surface area (Å²) in [5, 5.41) is 3.08. The third kappa shape index (κ3) is 2.25. The second kappa shape index (κ2) is 4.84. The third-order valence-electron chi connectivity index (χ3n) is 3.50. The van der Waals surface area contributed by atoms with Crippen LogP contribution >= 0.6 is 0 Å². The topological polar surface area (TPSA) is 56.2 Å². The van der Waals surface area contributed by atoms with Crippen LogP contribution in [0.4, 0.5) is 0 Å². The highest BCUT2D eigenvalue weighted by Crippen LogP contribution is 2.15. The molecule has 0 spiro atoms. The van der Waals surface area contributed by atoms with E-state index in [0.717, 1.165) is 50.2 Å². The molecule has 0 aliphatic carbocycles. The van der Waals surface area contributed by atoms with E-state index in [0.29, 0.717) is 0 Å². The van der Waals surface area contributed by atoms with Crippen LogP contribution in [0.15, 0.2) is 24.2 Å². The fourth-order valence-electron chi connectivity index (χ4n) is 2.49. The molecule has 3 rings (SSSR count). The number of aromatic nitrogens is 2. The van der Waals surface area contributed by atoms with Crippen molar-refractivity contribution in [1.29, 1.82) is 0 Å². The Morgan fingerprint density at radius 2 is 2.44 bits per heavy atom. The SMILES string of the molecule is O=C(NC1CCc2nccn2C1)C1=COCCC1. The van der Waals surface area contributed by atoms with Crippen molar-refractivity contribution in [2.75, 3.05) is 6.61 Å². The van der Waals surface area contributed by atoms with Gasteiger partial charge >= 0.3 is 0 Å². The molecule has 1 aromatic rings. The van der Waals surface area contributed by atoms with Gasteiger partial charge in [0.15, 0.2) is 0 Å². The van der Waals surface area contributed by atoms with Crippen molar-refractivity contribution < 1.29 is 9.53 Å². The summed E-state index contributed by atoms with van der Waals surface area (Å²) in [4.78, 5) is 16.3. The van der Waals surface area contributed by atoms with Crippen LogP contribution < -0.4 is 5.32 Å². The Morgan fingerprint density at radius 3 is 3.28 bits per heavy atom. The molecule has 18 heavy (non-hydrogen) atoms. The van der Waals surface area contributed by atoms with Crippen molar-refractivity contribution in [1.82, 2.24) is 14.9 Å². The minimum atomic E-state index is 0.0169. The molecule has 2 aliphatic rings. The number of fused-ring (bicyclic) bond motifs is 1. The van der Waals surface area contributed by atoms with E-state index in [1.165, 1.54) is 0 Å². The van der Waals surface area contributed by atoms with Crippen LogP contribution in [0.1, 0.15) is 25.1 Å². The van der Waals surface area contributed by atoms with Crippen LogP contribution in [0.3, 0.4) is 0 Å². The average molecular weight is 247 g/mol. The minimum Gasteiger partial charge on any atom is -0.501 e. The number of carbonyl (C=O) groups excluding carboxylic acids is 1. The molecule has 0 saturated carbocycles. The predicted molar refractivity (Wildman–Crippen MR) is 65.7 cm³/mol. The summed E-state index contributed by atoms with van der Waals surface area (Å²) in [6.07, 6.45) is 9.01. The molecule has 0 bridgehead atoms. The molecule has 5 nitrogen and oxygen atoms in total. The Balaban J connectivity index is 1.61. The fourth-order valence-corrected chi connectivity index (χ4v) is 2.49. The van der Waals surface area contributed by atoms with Gasteiger partial charge in [0.2, 0.25) is 0 Å². The maximum Gasteiger partial charge on any atom is 0.250 e. The Kier molecular flexibility index (Phi) is 3.04. The second-order valence-corrected chi connectivity index (χ2v) is 4.82. The summed E-state index contributed by atoms with van der Waals surface area (Å²) in [7, 11) is 0. The fraction of sp³-hybridized carbons (Fsp3) is 0.538. The molecule has 3 heterocycles. The van der Waals surface area contributed by atoms with E-state index >= 15 is 0 Å². The summed E-state index contributed by atoms with van der Waals surface area (Å²) in [6, 6.07) is 0.196. The van der Waals surface area contributed by atoms with Crippen molar-refractivity contribution >= 4 is 5.91 Å². The first kappa shape index (κ1) is 11.3. The highest BCUT2D eigenvalue weighted by molar-refractivity contribution is 5.93. The highest BCUT2D eigenvalue weighted by atomic mass is 16.5. The van der Waals surface area contributed by atoms with Crippen LogP contribution in [0.2, 0.25) is 0 Å². The number of aryl methyl sites for hydroxylation is 1. The van der Waals surface area contributed by atoms with E-state index in [1.807, 2.05) is 12.4 Å². The van der Waals surface area contributed by atoms with E-state index in [9.17, 15) is 4.79 Å². The van der Waals surface area contributed by atoms with E-state index in [2.05, 4.69) is 14.9 Å². The first-order valence-electron chi connectivity index (χ1n) is 6.44. The monoisotopic (exact) mass is 247 g/mol. The van der Waals surface area contributed by atoms with E-state index in [4.69, 9.17) is 4.74 Å². The molecule has 2 aliphatic heterocycles. The lowest BCUT2D eigenvalue weighted by molar-refractivity contribution is -0.118. The average Bonchev–Trinajstić information content (AvgIpc) is 2.87. The van der Waals surface area contributed by atoms with Crippen LogP contribution in [-0.4, -0.2) is 28.1 Å². The number of nitrogens with zero attached hydrogens (tertiary/aromatic N) is 2. The summed E-state index contributed by atoms with van der Waals surface area (Å²) < 4.78 is 7.31. The Bertz CT molecular complexity index is 478. The Labute approximate surface area is 106 Å². The largest absolute Gasteiger partial charge is 0.501 e. The number of hydrogen-bond acceptors (Lipinski definition) is 3. The van der Waals surface area contributed by atoms with Crippen LogP contribution in [0.25, 0.3) is 0 Å².